The van der Waals surface area contributed by atoms with Gasteiger partial charge in [0, 0.05) is 8.41 Å². The second-order valence-corrected chi connectivity index (χ2v) is 0.600. The molecular weight excluding hydrogens is 80.8 g/mol. The van der Waals surface area contributed by atoms with Crippen molar-refractivity contribution >= 4 is 8.41 Å². The van der Waals surface area contributed by atoms with Gasteiger partial charge in [-0.2, -0.15) is 0 Å². The summed E-state index contributed by atoms with van der Waals surface area (Å²) in [6.45, 7) is 0. The largest absolute Gasteiger partial charge is 0.321 e. The first-order chi connectivity index (χ1) is 2.50. The second-order valence-electron chi connectivity index (χ2n) is 0.600. The maximum Gasteiger partial charge on any atom is 0.150 e. The van der Waals surface area contributed by atoms with E-state index in [1.165, 1.54) is 6.26 Å². The van der Waals surface area contributed by atoms with Crippen molar-refractivity contribution in [2.45, 2.75) is 0 Å². The molecule has 0 aromatic heterocycles. The molecule has 1 N–H and O–H groups in total. The first kappa shape index (κ1) is 5.36. The van der Waals surface area contributed by atoms with Crippen molar-refractivity contribution in [2.75, 3.05) is 0 Å². The van der Waals surface area contributed by atoms with Crippen molar-refractivity contribution in [2.24, 2.45) is 0 Å². The second kappa shape index (κ2) is 2.59. The molecule has 0 unspecified atom stereocenters. The minimum Gasteiger partial charge on any atom is -0.321 e. The summed E-state index contributed by atoms with van der Waals surface area (Å²) in [4.78, 5) is 8.24. The van der Waals surface area contributed by atoms with E-state index in [0.717, 1.165) is 0 Å². The van der Waals surface area contributed by atoms with Gasteiger partial charge in [-0.3, -0.25) is 0 Å². The molecule has 0 saturated carbocycles. The minimum absolute atomic E-state index is 0. The Kier molecular flexibility index (Phi) is 2.32. The van der Waals surface area contributed by atoms with Gasteiger partial charge in [-0.15, -0.1) is 0 Å². The van der Waals surface area contributed by atoms with Crippen LogP contribution in [0.2, 0.25) is 0 Å². The maximum atomic E-state index is 4.15. The van der Waals surface area contributed by atoms with Crippen LogP contribution >= 0.6 is 0 Å². The molecule has 6 heavy (non-hydrogen) atoms. The monoisotopic (exact) mass is 84.0 g/mol. The molecular formula is C2H3BNO2. The number of nitrogens with one attached hydrogen (secondary N) is 1. The van der Waals surface area contributed by atoms with Crippen molar-refractivity contribution in [1.29, 1.82) is 0 Å². The van der Waals surface area contributed by atoms with Crippen molar-refractivity contribution in [1.82, 2.24) is 5.48 Å². The third-order valence-electron chi connectivity index (χ3n) is 0.288. The van der Waals surface area contributed by atoms with E-state index in [1.54, 1.807) is 6.20 Å². The number of hydroxylamine groups is 1. The SMILES string of the molecule is C1=COON1.[B]. The van der Waals surface area contributed by atoms with E-state index >= 15 is 0 Å². The lowest BCUT2D eigenvalue weighted by atomic mass is 10.8. The Morgan fingerprint density at radius 2 is 2.33 bits per heavy atom. The minimum atomic E-state index is 0. The van der Waals surface area contributed by atoms with Crippen LogP contribution in [0.1, 0.15) is 0 Å². The predicted molar refractivity (Wildman–Crippen MR) is 20.2 cm³/mol. The van der Waals surface area contributed by atoms with Crippen molar-refractivity contribution < 1.29 is 9.88 Å². The Bertz CT molecular complexity index is 49.5. The van der Waals surface area contributed by atoms with Crippen LogP contribution in [0.25, 0.3) is 0 Å². The highest BCUT2D eigenvalue weighted by Gasteiger charge is 1.81. The summed E-state index contributed by atoms with van der Waals surface area (Å²) in [6, 6.07) is 0. The van der Waals surface area contributed by atoms with Crippen LogP contribution in [-0.4, -0.2) is 8.41 Å². The average Bonchev–Trinajstić information content (AvgIpc) is 1.76. The molecule has 0 saturated heterocycles. The van der Waals surface area contributed by atoms with Gasteiger partial charge in [0.1, 0.15) is 6.26 Å². The Hall–Kier alpha value is -0.635. The summed E-state index contributed by atoms with van der Waals surface area (Å²) in [6.07, 6.45) is 2.94. The number of rotatable bonds is 0. The van der Waals surface area contributed by atoms with Gasteiger partial charge < -0.3 is 4.89 Å². The van der Waals surface area contributed by atoms with Gasteiger partial charge in [-0.05, 0) is 0 Å². The van der Waals surface area contributed by atoms with Gasteiger partial charge in [0.25, 0.3) is 0 Å². The molecule has 0 aliphatic carbocycles. The van der Waals surface area contributed by atoms with Gasteiger partial charge in [-0.1, -0.05) is 4.99 Å². The van der Waals surface area contributed by atoms with Crippen molar-refractivity contribution in [3.63, 3.8) is 0 Å². The van der Waals surface area contributed by atoms with Crippen LogP contribution in [-0.2, 0) is 9.88 Å². The fourth-order valence-electron chi connectivity index (χ4n) is 0.139. The van der Waals surface area contributed by atoms with Gasteiger partial charge >= 0.3 is 0 Å². The van der Waals surface area contributed by atoms with E-state index in [9.17, 15) is 0 Å². The van der Waals surface area contributed by atoms with Crippen LogP contribution in [0.3, 0.4) is 0 Å². The standard InChI is InChI=1S/C2H3NO2.B/c1-2-4-5-3-1;/h1-3H;. The van der Waals surface area contributed by atoms with Crippen molar-refractivity contribution in [3.8, 4) is 0 Å². The molecule has 0 spiro atoms. The molecule has 0 atom stereocenters. The summed E-state index contributed by atoms with van der Waals surface area (Å²) in [5.74, 6) is 0. The lowest BCUT2D eigenvalue weighted by molar-refractivity contribution is -0.264. The molecule has 3 nitrogen and oxygen atoms in total. The first-order valence-corrected chi connectivity index (χ1v) is 1.23. The molecule has 1 aliphatic heterocycles. The lowest BCUT2D eigenvalue weighted by Crippen LogP contribution is -1.94. The Morgan fingerprint density at radius 3 is 2.50 bits per heavy atom. The van der Waals surface area contributed by atoms with Gasteiger partial charge in [0.2, 0.25) is 0 Å². The molecule has 4 heteroatoms. The summed E-state index contributed by atoms with van der Waals surface area (Å²) in [5.41, 5.74) is 2.32. The third-order valence-corrected chi connectivity index (χ3v) is 0.288. The zero-order valence-corrected chi connectivity index (χ0v) is 3.05. The van der Waals surface area contributed by atoms with Crippen LogP contribution in [0.4, 0.5) is 0 Å². The highest BCUT2D eigenvalue weighted by atomic mass is 17.3. The molecule has 3 radical (unpaired) electrons. The Morgan fingerprint density at radius 1 is 1.50 bits per heavy atom. The molecule has 31 valence electrons. The van der Waals surface area contributed by atoms with Crippen LogP contribution < -0.4 is 5.48 Å². The van der Waals surface area contributed by atoms with Crippen LogP contribution in [0.5, 0.6) is 0 Å². The van der Waals surface area contributed by atoms with E-state index in [-0.39, 0.29) is 8.41 Å². The molecule has 1 heterocycles. The van der Waals surface area contributed by atoms with Crippen LogP contribution in [0.15, 0.2) is 12.5 Å². The molecule has 0 bridgehead atoms. The van der Waals surface area contributed by atoms with E-state index in [2.05, 4.69) is 15.4 Å². The summed E-state index contributed by atoms with van der Waals surface area (Å²) >= 11 is 0. The first-order valence-electron chi connectivity index (χ1n) is 1.23. The summed E-state index contributed by atoms with van der Waals surface area (Å²) in [5, 5.41) is 0. The molecule has 0 amide bonds. The molecule has 0 aromatic rings. The summed E-state index contributed by atoms with van der Waals surface area (Å²) in [7, 11) is 0. The van der Waals surface area contributed by atoms with Gasteiger partial charge in [0.15, 0.2) is 0 Å². The molecule has 1 aliphatic rings. The number of hydrogen-bond acceptors (Lipinski definition) is 3. The third kappa shape index (κ3) is 0.988. The van der Waals surface area contributed by atoms with Crippen molar-refractivity contribution in [3.05, 3.63) is 12.5 Å². The van der Waals surface area contributed by atoms with Gasteiger partial charge in [-0.25, -0.2) is 5.48 Å². The van der Waals surface area contributed by atoms with E-state index in [4.69, 9.17) is 0 Å². The Balaban J connectivity index is 0.000000250. The fourth-order valence-corrected chi connectivity index (χ4v) is 0.139. The molecule has 1 rings (SSSR count). The van der Waals surface area contributed by atoms with Crippen LogP contribution in [0, 0.1) is 0 Å². The zero-order chi connectivity index (χ0) is 3.54. The topological polar surface area (TPSA) is 30.5 Å². The zero-order valence-electron chi connectivity index (χ0n) is 3.05. The van der Waals surface area contributed by atoms with E-state index in [1.807, 2.05) is 0 Å². The lowest BCUT2D eigenvalue weighted by Gasteiger charge is -1.81. The van der Waals surface area contributed by atoms with E-state index < -0.39 is 0 Å². The predicted octanol–water partition coefficient (Wildman–Crippen LogP) is -0.457. The normalized spacial score (nSPS) is 14.7. The molecule has 0 aromatic carbocycles. The fraction of sp³-hybridized carbons (Fsp3) is 0. The van der Waals surface area contributed by atoms with Gasteiger partial charge in [0.05, 0.1) is 6.20 Å². The highest BCUT2D eigenvalue weighted by molar-refractivity contribution is 5.75. The maximum absolute atomic E-state index is 4.15. The summed E-state index contributed by atoms with van der Waals surface area (Å²) < 4.78 is 0. The molecule has 0 fully saturated rings. The Labute approximate surface area is 37.4 Å². The quantitative estimate of drug-likeness (QED) is 0.318. The van der Waals surface area contributed by atoms with E-state index in [0.29, 0.717) is 0 Å². The highest BCUT2D eigenvalue weighted by Crippen LogP contribution is 1.80. The smallest absolute Gasteiger partial charge is 0.150 e. The average molecular weight is 83.9 g/mol. The number of hydrogen-bond donors (Lipinski definition) is 1.